The van der Waals surface area contributed by atoms with Crippen LogP contribution in [0.1, 0.15) is 50.2 Å². The van der Waals surface area contributed by atoms with Crippen LogP contribution in [-0.2, 0) is 6.42 Å². The van der Waals surface area contributed by atoms with Crippen LogP contribution < -0.4 is 5.32 Å². The Kier molecular flexibility index (Phi) is 3.10. The number of rotatable bonds is 3. The molecule has 2 heterocycles. The molecule has 0 saturated heterocycles. The average Bonchev–Trinajstić information content (AvgIpc) is 2.62. The molecule has 2 rings (SSSR count). The lowest BCUT2D eigenvalue weighted by Gasteiger charge is -2.28. The third-order valence-corrected chi connectivity index (χ3v) is 3.19. The lowest BCUT2D eigenvalue weighted by atomic mass is 10.0. The molecular weight excluding hydrogens is 186 g/mol. The van der Waals surface area contributed by atoms with Crippen molar-refractivity contribution in [2.75, 3.05) is 13.6 Å². The van der Waals surface area contributed by atoms with Gasteiger partial charge in [-0.15, -0.1) is 0 Å². The second-order valence-corrected chi connectivity index (χ2v) is 4.74. The first-order valence-electron chi connectivity index (χ1n) is 5.94. The van der Waals surface area contributed by atoms with Gasteiger partial charge >= 0.3 is 0 Å². The molecule has 3 nitrogen and oxygen atoms in total. The van der Waals surface area contributed by atoms with Crippen molar-refractivity contribution in [1.82, 2.24) is 14.9 Å². The Morgan fingerprint density at radius 2 is 2.40 bits per heavy atom. The number of aryl methyl sites for hydroxylation is 1. The molecule has 84 valence electrons. The van der Waals surface area contributed by atoms with Gasteiger partial charge in [0.2, 0.25) is 0 Å². The summed E-state index contributed by atoms with van der Waals surface area (Å²) in [5.74, 6) is 1.78. The summed E-state index contributed by atoms with van der Waals surface area (Å²) in [5, 5.41) is 3.29. The smallest absolute Gasteiger partial charge is 0.111 e. The van der Waals surface area contributed by atoms with Crippen LogP contribution in [0.25, 0.3) is 0 Å². The molecule has 1 atom stereocenters. The van der Waals surface area contributed by atoms with E-state index in [4.69, 9.17) is 0 Å². The average molecular weight is 207 g/mol. The van der Waals surface area contributed by atoms with Gasteiger partial charge in [-0.25, -0.2) is 4.98 Å². The van der Waals surface area contributed by atoms with Gasteiger partial charge in [0.1, 0.15) is 5.82 Å². The maximum Gasteiger partial charge on any atom is 0.111 e. The molecule has 15 heavy (non-hydrogen) atoms. The molecule has 0 spiro atoms. The maximum absolute atomic E-state index is 4.56. The highest BCUT2D eigenvalue weighted by Gasteiger charge is 2.23. The molecule has 0 radical (unpaired) electrons. The summed E-state index contributed by atoms with van der Waals surface area (Å²) in [7, 11) is 2.03. The molecule has 1 aliphatic rings. The van der Waals surface area contributed by atoms with Gasteiger partial charge in [-0.3, -0.25) is 0 Å². The third kappa shape index (κ3) is 1.93. The predicted molar refractivity (Wildman–Crippen MR) is 62.2 cm³/mol. The molecular formula is C12H21N3. The van der Waals surface area contributed by atoms with Gasteiger partial charge in [0.05, 0.1) is 0 Å². The summed E-state index contributed by atoms with van der Waals surface area (Å²) in [6, 6.07) is 0.610. The van der Waals surface area contributed by atoms with Crippen LogP contribution in [0, 0.1) is 0 Å². The van der Waals surface area contributed by atoms with E-state index in [1.807, 2.05) is 7.05 Å². The van der Waals surface area contributed by atoms with Crippen LogP contribution in [0.4, 0.5) is 0 Å². The van der Waals surface area contributed by atoms with Crippen molar-refractivity contribution in [3.8, 4) is 0 Å². The number of nitrogens with zero attached hydrogens (tertiary/aromatic N) is 2. The zero-order valence-corrected chi connectivity index (χ0v) is 9.95. The van der Waals surface area contributed by atoms with Crippen molar-refractivity contribution in [3.63, 3.8) is 0 Å². The fourth-order valence-corrected chi connectivity index (χ4v) is 2.52. The summed E-state index contributed by atoms with van der Waals surface area (Å²) >= 11 is 0. The number of aromatic nitrogens is 2. The van der Waals surface area contributed by atoms with E-state index in [-0.39, 0.29) is 0 Å². The molecule has 0 amide bonds. The highest BCUT2D eigenvalue weighted by atomic mass is 15.1. The molecule has 1 aliphatic heterocycles. The van der Waals surface area contributed by atoms with Crippen LogP contribution in [0.15, 0.2) is 6.20 Å². The van der Waals surface area contributed by atoms with Crippen LogP contribution >= 0.6 is 0 Å². The Bertz CT molecular complexity index is 328. The van der Waals surface area contributed by atoms with Gasteiger partial charge in [-0.2, -0.15) is 0 Å². The highest BCUT2D eigenvalue weighted by Crippen LogP contribution is 2.28. The van der Waals surface area contributed by atoms with E-state index in [0.29, 0.717) is 12.0 Å². The number of likely N-dealkylation sites (N-methyl/N-ethyl adjacent to an activating group) is 1. The van der Waals surface area contributed by atoms with E-state index in [1.54, 1.807) is 0 Å². The standard InChI is InChI=1S/C12H21N3/c1-9(2)12-14-8-11-6-4-5-10(7-13-3)15(11)12/h8-10,13H,4-7H2,1-3H3. The second-order valence-electron chi connectivity index (χ2n) is 4.74. The molecule has 1 unspecified atom stereocenters. The Balaban J connectivity index is 2.34. The largest absolute Gasteiger partial charge is 0.328 e. The van der Waals surface area contributed by atoms with Crippen molar-refractivity contribution in [2.45, 2.75) is 45.1 Å². The van der Waals surface area contributed by atoms with Gasteiger partial charge in [-0.05, 0) is 26.3 Å². The highest BCUT2D eigenvalue weighted by molar-refractivity contribution is 5.12. The topological polar surface area (TPSA) is 29.9 Å². The van der Waals surface area contributed by atoms with Crippen LogP contribution in [0.2, 0.25) is 0 Å². The second kappa shape index (κ2) is 4.35. The van der Waals surface area contributed by atoms with Crippen molar-refractivity contribution in [3.05, 3.63) is 17.7 Å². The minimum absolute atomic E-state index is 0.524. The Morgan fingerprint density at radius 3 is 3.07 bits per heavy atom. The van der Waals surface area contributed by atoms with Crippen molar-refractivity contribution in [2.24, 2.45) is 0 Å². The SMILES string of the molecule is CNCC1CCCc2cnc(C(C)C)n21. The van der Waals surface area contributed by atoms with Crippen LogP contribution in [0.3, 0.4) is 0 Å². The molecule has 1 N–H and O–H groups in total. The molecule has 0 saturated carbocycles. The van der Waals surface area contributed by atoms with Gasteiger partial charge in [0, 0.05) is 30.4 Å². The quantitative estimate of drug-likeness (QED) is 0.822. The van der Waals surface area contributed by atoms with Gasteiger partial charge in [-0.1, -0.05) is 13.8 Å². The first-order chi connectivity index (χ1) is 7.24. The van der Waals surface area contributed by atoms with E-state index in [9.17, 15) is 0 Å². The fourth-order valence-electron chi connectivity index (χ4n) is 2.52. The van der Waals surface area contributed by atoms with E-state index >= 15 is 0 Å². The molecule has 0 aromatic carbocycles. The van der Waals surface area contributed by atoms with Crippen LogP contribution in [0.5, 0.6) is 0 Å². The van der Waals surface area contributed by atoms with E-state index in [1.165, 1.54) is 30.8 Å². The summed E-state index contributed by atoms with van der Waals surface area (Å²) in [6.07, 6.45) is 5.84. The number of fused-ring (bicyclic) bond motifs is 1. The minimum Gasteiger partial charge on any atom is -0.328 e. The molecule has 0 aliphatic carbocycles. The van der Waals surface area contributed by atoms with Crippen molar-refractivity contribution < 1.29 is 0 Å². The molecule has 0 fully saturated rings. The molecule has 0 bridgehead atoms. The zero-order valence-electron chi connectivity index (χ0n) is 9.95. The van der Waals surface area contributed by atoms with E-state index < -0.39 is 0 Å². The molecule has 1 aromatic rings. The Morgan fingerprint density at radius 1 is 1.60 bits per heavy atom. The number of nitrogens with one attached hydrogen (secondary N) is 1. The van der Waals surface area contributed by atoms with Gasteiger partial charge in [0.15, 0.2) is 0 Å². The normalized spacial score (nSPS) is 20.7. The van der Waals surface area contributed by atoms with Gasteiger partial charge < -0.3 is 9.88 Å². The number of imidazole rings is 1. The van der Waals surface area contributed by atoms with Gasteiger partial charge in [0.25, 0.3) is 0 Å². The van der Waals surface area contributed by atoms with Crippen LogP contribution in [-0.4, -0.2) is 23.1 Å². The molecule has 3 heteroatoms. The predicted octanol–water partition coefficient (Wildman–Crippen LogP) is 2.10. The Labute approximate surface area is 91.9 Å². The first kappa shape index (κ1) is 10.7. The summed E-state index contributed by atoms with van der Waals surface area (Å²) < 4.78 is 2.46. The number of hydrogen-bond donors (Lipinski definition) is 1. The molecule has 1 aromatic heterocycles. The summed E-state index contributed by atoms with van der Waals surface area (Å²) in [4.78, 5) is 4.56. The zero-order chi connectivity index (χ0) is 10.8. The lowest BCUT2D eigenvalue weighted by molar-refractivity contribution is 0.375. The Hall–Kier alpha value is -0.830. The minimum atomic E-state index is 0.524. The van der Waals surface area contributed by atoms with Crippen molar-refractivity contribution >= 4 is 0 Å². The van der Waals surface area contributed by atoms with E-state index in [0.717, 1.165) is 6.54 Å². The monoisotopic (exact) mass is 207 g/mol. The number of hydrogen-bond acceptors (Lipinski definition) is 2. The third-order valence-electron chi connectivity index (χ3n) is 3.19. The van der Waals surface area contributed by atoms with Crippen molar-refractivity contribution in [1.29, 1.82) is 0 Å². The summed E-state index contributed by atoms with van der Waals surface area (Å²) in [5.41, 5.74) is 1.42. The first-order valence-corrected chi connectivity index (χ1v) is 5.94. The summed E-state index contributed by atoms with van der Waals surface area (Å²) in [6.45, 7) is 5.50. The fraction of sp³-hybridized carbons (Fsp3) is 0.750. The maximum atomic E-state index is 4.56. The van der Waals surface area contributed by atoms with E-state index in [2.05, 4.69) is 34.9 Å². The lowest BCUT2D eigenvalue weighted by Crippen LogP contribution is -2.28.